The molecule has 0 bridgehead atoms. The molecule has 3 amide bonds. The minimum atomic E-state index is -1.97. The smallest absolute Gasteiger partial charge is 0.341 e. The van der Waals surface area contributed by atoms with Crippen LogP contribution in [0.2, 0.25) is 0 Å². The minimum Gasteiger partial charge on any atom is -0.482 e. The summed E-state index contributed by atoms with van der Waals surface area (Å²) < 4.78 is 19.9. The van der Waals surface area contributed by atoms with Gasteiger partial charge in [-0.1, -0.05) is 32.9 Å². The van der Waals surface area contributed by atoms with Crippen LogP contribution in [0, 0.1) is 12.3 Å². The Kier molecular flexibility index (Phi) is 8.69. The summed E-state index contributed by atoms with van der Waals surface area (Å²) in [4.78, 5) is 56.9. The zero-order valence-electron chi connectivity index (χ0n) is 23.4. The summed E-state index contributed by atoms with van der Waals surface area (Å²) in [6, 6.07) is 3.09. The van der Waals surface area contributed by atoms with E-state index in [0.29, 0.717) is 5.56 Å². The number of carbonyl (C=O) groups excluding carboxylic acids is 3. The third-order valence-corrected chi connectivity index (χ3v) is 8.21. The number of ether oxygens (including phenoxy) is 1. The van der Waals surface area contributed by atoms with E-state index in [4.69, 9.17) is 9.84 Å². The Morgan fingerprint density at radius 3 is 2.56 bits per heavy atom. The molecule has 2 fully saturated rings. The van der Waals surface area contributed by atoms with Crippen LogP contribution in [0.25, 0.3) is 10.4 Å². The van der Waals surface area contributed by atoms with Crippen LogP contribution in [-0.4, -0.2) is 80.8 Å². The maximum atomic E-state index is 14.4. The number of amides is 3. The quantitative estimate of drug-likeness (QED) is 0.328. The van der Waals surface area contributed by atoms with Gasteiger partial charge >= 0.3 is 5.97 Å². The third kappa shape index (κ3) is 7.02. The van der Waals surface area contributed by atoms with Crippen molar-refractivity contribution in [2.45, 2.75) is 77.4 Å². The molecule has 3 unspecified atom stereocenters. The van der Waals surface area contributed by atoms with Gasteiger partial charge in [-0.25, -0.2) is 14.2 Å². The number of carboxylic acid groups (broad SMARTS) is 1. The lowest BCUT2D eigenvalue weighted by molar-refractivity contribution is -0.145. The number of aryl methyl sites for hydroxylation is 1. The SMILES string of the molecule is Cc1ncsc1-c1ccc(CNC(=O)C2CC(O)CN2C(=O)C(NC(=O)C2(F)CC2)C(C)(C)C)c(OCC(=O)O)c1. The molecule has 4 N–H and O–H groups in total. The van der Waals surface area contributed by atoms with E-state index in [1.165, 1.54) is 16.2 Å². The average Bonchev–Trinajstić information content (AvgIpc) is 3.31. The highest BCUT2D eigenvalue weighted by Crippen LogP contribution is 2.40. The topological polar surface area (TPSA) is 158 Å². The largest absolute Gasteiger partial charge is 0.482 e. The Labute approximate surface area is 241 Å². The number of halogens is 1. The van der Waals surface area contributed by atoms with Crippen molar-refractivity contribution in [3.63, 3.8) is 0 Å². The molecular weight excluding hydrogens is 555 g/mol. The molecule has 2 aromatic rings. The first-order valence-electron chi connectivity index (χ1n) is 13.3. The number of likely N-dealkylation sites (tertiary alicyclic amines) is 1. The Bertz CT molecular complexity index is 1340. The van der Waals surface area contributed by atoms with Gasteiger partial charge in [-0.3, -0.25) is 14.4 Å². The minimum absolute atomic E-state index is 0.0125. The summed E-state index contributed by atoms with van der Waals surface area (Å²) in [5, 5.41) is 24.8. The number of carboxylic acids is 1. The number of aliphatic carboxylic acids is 1. The second kappa shape index (κ2) is 11.7. The van der Waals surface area contributed by atoms with E-state index in [9.17, 15) is 28.7 Å². The second-order valence-corrected chi connectivity index (χ2v) is 12.5. The standard InChI is InChI=1S/C28H35FN4O7S/c1-15-22(41-14-31-15)16-5-6-17(20(9-16)40-13-21(35)36)11-30-24(37)19-10-18(34)12-33(19)25(38)23(27(2,3)4)32-26(39)28(29)7-8-28/h5-6,9,14,18-19,23,34H,7-8,10-13H2,1-4H3,(H,30,37)(H,32,39)(H,35,36). The summed E-state index contributed by atoms with van der Waals surface area (Å²) in [6.45, 7) is 6.31. The van der Waals surface area contributed by atoms with Gasteiger partial charge in [-0.05, 0) is 36.8 Å². The number of alkyl halides is 1. The number of benzene rings is 1. The maximum absolute atomic E-state index is 14.4. The van der Waals surface area contributed by atoms with E-state index < -0.39 is 59.6 Å². The van der Waals surface area contributed by atoms with Crippen LogP contribution in [0.3, 0.4) is 0 Å². The van der Waals surface area contributed by atoms with E-state index in [-0.39, 0.29) is 38.1 Å². The summed E-state index contributed by atoms with van der Waals surface area (Å²) in [5.41, 5.74) is 1.05. The predicted molar refractivity (Wildman–Crippen MR) is 148 cm³/mol. The van der Waals surface area contributed by atoms with Gasteiger partial charge in [0.05, 0.1) is 22.2 Å². The van der Waals surface area contributed by atoms with Crippen molar-refractivity contribution in [3.05, 3.63) is 35.0 Å². The normalized spacial score (nSPS) is 20.3. The fourth-order valence-electron chi connectivity index (χ4n) is 4.71. The molecular formula is C28H35FN4O7S. The second-order valence-electron chi connectivity index (χ2n) is 11.6. The molecule has 1 aromatic carbocycles. The molecule has 1 aliphatic carbocycles. The predicted octanol–water partition coefficient (Wildman–Crippen LogP) is 2.19. The van der Waals surface area contributed by atoms with Gasteiger partial charge < -0.3 is 30.5 Å². The lowest BCUT2D eigenvalue weighted by Gasteiger charge is -2.35. The summed E-state index contributed by atoms with van der Waals surface area (Å²) in [6.07, 6.45) is -0.777. The van der Waals surface area contributed by atoms with E-state index >= 15 is 0 Å². The lowest BCUT2D eigenvalue weighted by atomic mass is 9.85. The van der Waals surface area contributed by atoms with E-state index in [1.807, 2.05) is 13.0 Å². The number of rotatable bonds is 10. The summed E-state index contributed by atoms with van der Waals surface area (Å²) >= 11 is 1.43. The highest BCUT2D eigenvalue weighted by atomic mass is 32.1. The Balaban J connectivity index is 1.50. The zero-order chi connectivity index (χ0) is 30.1. The number of nitrogens with zero attached hydrogens (tertiary/aromatic N) is 2. The fraction of sp³-hybridized carbons (Fsp3) is 0.536. The fourth-order valence-corrected chi connectivity index (χ4v) is 5.51. The molecule has 0 radical (unpaired) electrons. The molecule has 11 nitrogen and oxygen atoms in total. The zero-order valence-corrected chi connectivity index (χ0v) is 24.2. The first kappa shape index (κ1) is 30.4. The van der Waals surface area contributed by atoms with Crippen molar-refractivity contribution in [1.82, 2.24) is 20.5 Å². The Hall–Kier alpha value is -3.58. The number of carbonyl (C=O) groups is 4. The van der Waals surface area contributed by atoms with Gasteiger partial charge in [-0.15, -0.1) is 11.3 Å². The number of aliphatic hydroxyl groups is 1. The highest BCUT2D eigenvalue weighted by molar-refractivity contribution is 7.13. The van der Waals surface area contributed by atoms with Gasteiger partial charge in [-0.2, -0.15) is 0 Å². The van der Waals surface area contributed by atoms with Crippen LogP contribution in [0.15, 0.2) is 23.7 Å². The maximum Gasteiger partial charge on any atom is 0.341 e. The number of β-amino-alcohol motifs (C(OH)–C–C–N with tert-alkyl or cyclic N) is 1. The van der Waals surface area contributed by atoms with E-state index in [1.54, 1.807) is 38.4 Å². The van der Waals surface area contributed by atoms with Crippen LogP contribution in [-0.2, 0) is 25.7 Å². The van der Waals surface area contributed by atoms with Gasteiger partial charge in [0.15, 0.2) is 12.3 Å². The van der Waals surface area contributed by atoms with Crippen LogP contribution >= 0.6 is 11.3 Å². The van der Waals surface area contributed by atoms with Gasteiger partial charge in [0.2, 0.25) is 11.8 Å². The number of aromatic nitrogens is 1. The molecule has 2 aliphatic rings. The highest BCUT2D eigenvalue weighted by Gasteiger charge is 2.53. The monoisotopic (exact) mass is 590 g/mol. The molecule has 13 heteroatoms. The van der Waals surface area contributed by atoms with E-state index in [0.717, 1.165) is 16.1 Å². The first-order chi connectivity index (χ1) is 19.2. The number of nitrogens with one attached hydrogen (secondary N) is 2. The molecule has 3 atom stereocenters. The molecule has 1 aromatic heterocycles. The van der Waals surface area contributed by atoms with Gasteiger partial charge in [0.1, 0.15) is 17.8 Å². The van der Waals surface area contributed by atoms with Crippen LogP contribution in [0.1, 0.15) is 51.3 Å². The molecule has 222 valence electrons. The van der Waals surface area contributed by atoms with Gasteiger partial charge in [0, 0.05) is 25.1 Å². The Morgan fingerprint density at radius 1 is 1.27 bits per heavy atom. The summed E-state index contributed by atoms with van der Waals surface area (Å²) in [7, 11) is 0. The van der Waals surface area contributed by atoms with Crippen LogP contribution in [0.5, 0.6) is 5.75 Å². The molecule has 4 rings (SSSR count). The van der Waals surface area contributed by atoms with Crippen molar-refractivity contribution in [2.24, 2.45) is 5.41 Å². The van der Waals surface area contributed by atoms with Crippen molar-refractivity contribution in [1.29, 1.82) is 0 Å². The molecule has 1 aliphatic heterocycles. The molecule has 2 heterocycles. The first-order valence-corrected chi connectivity index (χ1v) is 14.2. The van der Waals surface area contributed by atoms with Crippen LogP contribution < -0.4 is 15.4 Å². The molecule has 0 spiro atoms. The number of aliphatic hydroxyl groups excluding tert-OH is 1. The lowest BCUT2D eigenvalue weighted by Crippen LogP contribution is -2.59. The number of thiazole rings is 1. The van der Waals surface area contributed by atoms with Crippen molar-refractivity contribution < 1.29 is 38.5 Å². The number of hydrogen-bond acceptors (Lipinski definition) is 8. The molecule has 1 saturated carbocycles. The third-order valence-electron chi connectivity index (χ3n) is 7.23. The van der Waals surface area contributed by atoms with Crippen molar-refractivity contribution >= 4 is 35.0 Å². The van der Waals surface area contributed by atoms with Crippen molar-refractivity contribution in [3.8, 4) is 16.2 Å². The molecule has 1 saturated heterocycles. The van der Waals surface area contributed by atoms with Crippen LogP contribution in [0.4, 0.5) is 4.39 Å². The van der Waals surface area contributed by atoms with E-state index in [2.05, 4.69) is 15.6 Å². The molecule has 41 heavy (non-hydrogen) atoms. The van der Waals surface area contributed by atoms with Gasteiger partial charge in [0.25, 0.3) is 5.91 Å². The Morgan fingerprint density at radius 2 is 1.98 bits per heavy atom. The van der Waals surface area contributed by atoms with Crippen molar-refractivity contribution in [2.75, 3.05) is 13.2 Å². The summed E-state index contributed by atoms with van der Waals surface area (Å²) in [5.74, 6) is -2.86. The number of hydrogen-bond donors (Lipinski definition) is 4. The average molecular weight is 591 g/mol.